The maximum atomic E-state index is 13.4. The van der Waals surface area contributed by atoms with Crippen LogP contribution in [0.1, 0.15) is 41.2 Å². The molecule has 0 bridgehead atoms. The van der Waals surface area contributed by atoms with Crippen molar-refractivity contribution in [1.82, 2.24) is 10.6 Å². The van der Waals surface area contributed by atoms with Gasteiger partial charge in [0.05, 0.1) is 18.2 Å². The third-order valence-electron chi connectivity index (χ3n) is 5.37. The molecule has 0 radical (unpaired) electrons. The fourth-order valence-corrected chi connectivity index (χ4v) is 3.78. The summed E-state index contributed by atoms with van der Waals surface area (Å²) in [4.78, 5) is 25.0. The van der Waals surface area contributed by atoms with Crippen LogP contribution >= 0.6 is 12.4 Å². The number of alkyl carbamates (subject to hydrolysis) is 1. The van der Waals surface area contributed by atoms with E-state index in [1.54, 1.807) is 18.2 Å². The molecule has 2 aliphatic rings. The summed E-state index contributed by atoms with van der Waals surface area (Å²) in [6.45, 7) is 1.54. The molecule has 4 rings (SSSR count). The Balaban J connectivity index is 0.00000289. The molecule has 0 saturated carbocycles. The molecule has 2 aromatic carbocycles. The fourth-order valence-electron chi connectivity index (χ4n) is 3.78. The highest BCUT2D eigenvalue weighted by molar-refractivity contribution is 6.06. The first-order valence-corrected chi connectivity index (χ1v) is 10.2. The molecule has 7 nitrogen and oxygen atoms in total. The zero-order valence-corrected chi connectivity index (χ0v) is 18.0. The largest absolute Gasteiger partial charge is 0.492 e. The lowest BCUT2D eigenvalue weighted by molar-refractivity contribution is 0.102. The number of hydrogen-bond donors (Lipinski definition) is 3. The first-order chi connectivity index (χ1) is 15.0. The summed E-state index contributed by atoms with van der Waals surface area (Å²) in [6.07, 6.45) is 2.04. The Bertz CT molecular complexity index is 986. The molecule has 0 aromatic heterocycles. The second kappa shape index (κ2) is 10.6. The number of amides is 2. The molecule has 10 heteroatoms. The molecule has 2 amide bonds. The van der Waals surface area contributed by atoms with Crippen LogP contribution in [0.2, 0.25) is 0 Å². The monoisotopic (exact) mass is 467 g/mol. The van der Waals surface area contributed by atoms with Crippen molar-refractivity contribution in [2.45, 2.75) is 31.3 Å². The summed E-state index contributed by atoms with van der Waals surface area (Å²) in [6, 6.07) is 7.94. The molecular formula is C22H24ClF2N3O4. The molecule has 32 heavy (non-hydrogen) atoms. The van der Waals surface area contributed by atoms with Gasteiger partial charge in [-0.2, -0.15) is 0 Å². The van der Waals surface area contributed by atoms with Gasteiger partial charge in [-0.25, -0.2) is 13.6 Å². The van der Waals surface area contributed by atoms with E-state index in [4.69, 9.17) is 9.47 Å². The fraction of sp³-hybridized carbons (Fsp3) is 0.364. The SMILES string of the molecule is Cl.O=C(N[C@H]1CCOc2c(C(=O)Nc3ccc(F)c(F)c3)cccc21)OCC1CCCN1. The van der Waals surface area contributed by atoms with Gasteiger partial charge in [-0.3, -0.25) is 4.79 Å². The van der Waals surface area contributed by atoms with Gasteiger partial charge >= 0.3 is 6.09 Å². The molecule has 1 fully saturated rings. The van der Waals surface area contributed by atoms with Gasteiger partial charge in [-0.15, -0.1) is 12.4 Å². The summed E-state index contributed by atoms with van der Waals surface area (Å²) < 4.78 is 37.6. The topological polar surface area (TPSA) is 88.7 Å². The minimum Gasteiger partial charge on any atom is -0.492 e. The van der Waals surface area contributed by atoms with Gasteiger partial charge in [0.2, 0.25) is 0 Å². The van der Waals surface area contributed by atoms with E-state index in [0.717, 1.165) is 31.5 Å². The molecule has 2 aromatic rings. The Kier molecular flexibility index (Phi) is 7.87. The zero-order valence-electron chi connectivity index (χ0n) is 17.2. The van der Waals surface area contributed by atoms with Crippen molar-refractivity contribution >= 4 is 30.1 Å². The van der Waals surface area contributed by atoms with Gasteiger partial charge in [-0.1, -0.05) is 12.1 Å². The number of para-hydroxylation sites is 1. The lowest BCUT2D eigenvalue weighted by Gasteiger charge is -2.28. The number of nitrogens with one attached hydrogen (secondary N) is 3. The van der Waals surface area contributed by atoms with Gasteiger partial charge in [0, 0.05) is 29.8 Å². The van der Waals surface area contributed by atoms with Crippen molar-refractivity contribution in [2.75, 3.05) is 25.1 Å². The van der Waals surface area contributed by atoms with Gasteiger partial charge in [-0.05, 0) is 37.6 Å². The van der Waals surface area contributed by atoms with E-state index in [0.29, 0.717) is 30.9 Å². The number of hydrogen-bond acceptors (Lipinski definition) is 5. The molecule has 2 heterocycles. The minimum absolute atomic E-state index is 0. The maximum Gasteiger partial charge on any atom is 0.407 e. The molecule has 0 aliphatic carbocycles. The number of benzene rings is 2. The zero-order chi connectivity index (χ0) is 21.8. The number of fused-ring (bicyclic) bond motifs is 1. The van der Waals surface area contributed by atoms with Crippen LogP contribution in [0.3, 0.4) is 0 Å². The van der Waals surface area contributed by atoms with Crippen molar-refractivity contribution in [3.8, 4) is 5.75 Å². The third-order valence-corrected chi connectivity index (χ3v) is 5.37. The first-order valence-electron chi connectivity index (χ1n) is 10.2. The average Bonchev–Trinajstić information content (AvgIpc) is 3.28. The third kappa shape index (κ3) is 5.46. The standard InChI is InChI=1S/C22H23F2N3O4.ClH/c23-17-7-6-13(11-18(17)24)26-21(28)16-5-1-4-15-19(8-10-30-20(15)16)27-22(29)31-12-14-3-2-9-25-14;/h1,4-7,11,14,19,25H,2-3,8-10,12H2,(H,26,28)(H,27,29);1H/t14?,19-;/m0./s1. The molecule has 1 unspecified atom stereocenters. The number of rotatable bonds is 5. The van der Waals surface area contributed by atoms with Crippen LogP contribution in [0, 0.1) is 11.6 Å². The van der Waals surface area contributed by atoms with Crippen LogP contribution in [-0.4, -0.2) is 37.8 Å². The number of ether oxygens (including phenoxy) is 2. The quantitative estimate of drug-likeness (QED) is 0.620. The van der Waals surface area contributed by atoms with Crippen molar-refractivity contribution in [1.29, 1.82) is 0 Å². The second-order valence-electron chi connectivity index (χ2n) is 7.53. The highest BCUT2D eigenvalue weighted by atomic mass is 35.5. The van der Waals surface area contributed by atoms with E-state index < -0.39 is 23.6 Å². The minimum atomic E-state index is -1.06. The van der Waals surface area contributed by atoms with E-state index in [-0.39, 0.29) is 35.7 Å². The van der Waals surface area contributed by atoms with E-state index in [2.05, 4.69) is 16.0 Å². The Hall–Kier alpha value is -2.91. The molecule has 2 atom stereocenters. The van der Waals surface area contributed by atoms with Crippen LogP contribution in [0.4, 0.5) is 19.3 Å². The lowest BCUT2D eigenvalue weighted by Crippen LogP contribution is -2.36. The Morgan fingerprint density at radius 3 is 2.75 bits per heavy atom. The number of anilines is 1. The van der Waals surface area contributed by atoms with E-state index in [9.17, 15) is 18.4 Å². The van der Waals surface area contributed by atoms with E-state index in [1.165, 1.54) is 6.07 Å². The molecule has 2 aliphatic heterocycles. The van der Waals surface area contributed by atoms with Crippen LogP contribution in [-0.2, 0) is 4.74 Å². The molecule has 1 saturated heterocycles. The average molecular weight is 468 g/mol. The molecule has 172 valence electrons. The van der Waals surface area contributed by atoms with Gasteiger partial charge in [0.25, 0.3) is 5.91 Å². The summed E-state index contributed by atoms with van der Waals surface area (Å²) >= 11 is 0. The summed E-state index contributed by atoms with van der Waals surface area (Å²) in [7, 11) is 0. The Morgan fingerprint density at radius 2 is 2.00 bits per heavy atom. The van der Waals surface area contributed by atoms with E-state index in [1.807, 2.05) is 0 Å². The van der Waals surface area contributed by atoms with Crippen molar-refractivity contribution < 1.29 is 27.8 Å². The summed E-state index contributed by atoms with van der Waals surface area (Å²) in [5, 5.41) is 8.64. The van der Waals surface area contributed by atoms with Crippen molar-refractivity contribution in [3.63, 3.8) is 0 Å². The van der Waals surface area contributed by atoms with Crippen LogP contribution in [0.5, 0.6) is 5.75 Å². The van der Waals surface area contributed by atoms with Crippen LogP contribution in [0.15, 0.2) is 36.4 Å². The second-order valence-corrected chi connectivity index (χ2v) is 7.53. The van der Waals surface area contributed by atoms with Crippen LogP contribution in [0.25, 0.3) is 0 Å². The summed E-state index contributed by atoms with van der Waals surface area (Å²) in [5.74, 6) is -2.24. The Labute approximate surface area is 190 Å². The number of carbonyl (C=O) groups is 2. The highest BCUT2D eigenvalue weighted by Crippen LogP contribution is 2.35. The van der Waals surface area contributed by atoms with E-state index >= 15 is 0 Å². The maximum absolute atomic E-state index is 13.4. The van der Waals surface area contributed by atoms with Gasteiger partial charge < -0.3 is 25.4 Å². The van der Waals surface area contributed by atoms with Crippen molar-refractivity contribution in [3.05, 3.63) is 59.2 Å². The van der Waals surface area contributed by atoms with Crippen molar-refractivity contribution in [2.24, 2.45) is 0 Å². The smallest absolute Gasteiger partial charge is 0.407 e. The summed E-state index contributed by atoms with van der Waals surface area (Å²) in [5.41, 5.74) is 1.01. The van der Waals surface area contributed by atoms with Crippen LogP contribution < -0.4 is 20.7 Å². The first kappa shape index (κ1) is 23.7. The normalized spacial score (nSPS) is 19.2. The predicted molar refractivity (Wildman–Crippen MR) is 116 cm³/mol. The van der Waals surface area contributed by atoms with Gasteiger partial charge in [0.1, 0.15) is 12.4 Å². The highest BCUT2D eigenvalue weighted by Gasteiger charge is 2.28. The molecular weight excluding hydrogens is 444 g/mol. The molecule has 3 N–H and O–H groups in total. The number of halogens is 3. The Morgan fingerprint density at radius 1 is 1.16 bits per heavy atom. The lowest BCUT2D eigenvalue weighted by atomic mass is 9.97. The molecule has 0 spiro atoms. The van der Waals surface area contributed by atoms with Gasteiger partial charge in [0.15, 0.2) is 11.6 Å². The number of carbonyl (C=O) groups excluding carboxylic acids is 2. The predicted octanol–water partition coefficient (Wildman–Crippen LogP) is 3.94.